The van der Waals surface area contributed by atoms with Crippen molar-refractivity contribution in [3.63, 3.8) is 0 Å². The number of carbonyl (C=O) groups is 1. The molecule has 0 bridgehead atoms. The van der Waals surface area contributed by atoms with Crippen LogP contribution in [0.1, 0.15) is 18.5 Å². The first-order valence-corrected chi connectivity index (χ1v) is 10.2. The van der Waals surface area contributed by atoms with E-state index >= 15 is 0 Å². The van der Waals surface area contributed by atoms with E-state index in [1.54, 1.807) is 0 Å². The third-order valence-corrected chi connectivity index (χ3v) is 5.64. The molecular formula is C21H30N6O. The summed E-state index contributed by atoms with van der Waals surface area (Å²) >= 11 is 0. The molecule has 2 N–H and O–H groups in total. The molecule has 2 aromatic rings. The zero-order valence-corrected chi connectivity index (χ0v) is 16.8. The van der Waals surface area contributed by atoms with Crippen molar-refractivity contribution in [3.8, 4) is 11.4 Å². The summed E-state index contributed by atoms with van der Waals surface area (Å²) in [6.07, 6.45) is 5.51. The van der Waals surface area contributed by atoms with E-state index in [-0.39, 0.29) is 12.1 Å². The lowest BCUT2D eigenvalue weighted by Crippen LogP contribution is -2.47. The van der Waals surface area contributed by atoms with Gasteiger partial charge in [-0.3, -0.25) is 0 Å². The number of carbonyl (C=O) groups excluding carboxylic acids is 1. The summed E-state index contributed by atoms with van der Waals surface area (Å²) in [5, 5.41) is 6.12. The number of anilines is 1. The number of rotatable bonds is 3. The Morgan fingerprint density at radius 2 is 1.89 bits per heavy atom. The summed E-state index contributed by atoms with van der Waals surface area (Å²) in [7, 11) is 4.20. The first-order chi connectivity index (χ1) is 13.6. The average molecular weight is 383 g/mol. The summed E-state index contributed by atoms with van der Waals surface area (Å²) < 4.78 is 2.31. The molecule has 1 fully saturated rings. The summed E-state index contributed by atoms with van der Waals surface area (Å²) in [4.78, 5) is 21.7. The van der Waals surface area contributed by atoms with Crippen LogP contribution < -0.4 is 10.6 Å². The van der Waals surface area contributed by atoms with Gasteiger partial charge in [0, 0.05) is 55.9 Å². The number of urea groups is 1. The molecule has 0 atom stereocenters. The predicted molar refractivity (Wildman–Crippen MR) is 112 cm³/mol. The van der Waals surface area contributed by atoms with Gasteiger partial charge in [-0.2, -0.15) is 0 Å². The lowest BCUT2D eigenvalue weighted by Gasteiger charge is -2.22. The second-order valence-corrected chi connectivity index (χ2v) is 8.08. The van der Waals surface area contributed by atoms with Crippen molar-refractivity contribution in [2.24, 2.45) is 0 Å². The molecule has 150 valence electrons. The minimum Gasteiger partial charge on any atom is -0.333 e. The molecule has 2 aliphatic rings. The standard InChI is InChI=1S/C21H30N6O/c1-25-10-11-26(2)15-18(14-25)24-21(28)23-17-7-5-6-16(12-17)20-22-13-19-8-3-4-9-27(19)20/h5-7,12-13,18H,3-4,8-11,14-15H2,1-2H3,(H2,23,24,28). The van der Waals surface area contributed by atoms with Crippen LogP contribution >= 0.6 is 0 Å². The maximum Gasteiger partial charge on any atom is 0.319 e. The molecule has 3 heterocycles. The molecule has 1 saturated heterocycles. The number of nitrogens with zero attached hydrogens (tertiary/aromatic N) is 4. The van der Waals surface area contributed by atoms with E-state index in [0.29, 0.717) is 0 Å². The summed E-state index contributed by atoms with van der Waals surface area (Å²) in [6, 6.07) is 7.92. The molecule has 7 nitrogen and oxygen atoms in total. The van der Waals surface area contributed by atoms with Crippen LogP contribution in [0.25, 0.3) is 11.4 Å². The lowest BCUT2D eigenvalue weighted by molar-refractivity contribution is 0.241. The van der Waals surface area contributed by atoms with E-state index in [0.717, 1.165) is 56.2 Å². The van der Waals surface area contributed by atoms with E-state index in [1.807, 2.05) is 24.4 Å². The molecule has 2 aliphatic heterocycles. The Morgan fingerprint density at radius 1 is 1.11 bits per heavy atom. The zero-order valence-electron chi connectivity index (χ0n) is 16.8. The van der Waals surface area contributed by atoms with Crippen LogP contribution in [-0.2, 0) is 13.0 Å². The smallest absolute Gasteiger partial charge is 0.319 e. The van der Waals surface area contributed by atoms with Gasteiger partial charge < -0.3 is 25.0 Å². The minimum absolute atomic E-state index is 0.111. The summed E-state index contributed by atoms with van der Waals surface area (Å²) in [5.41, 5.74) is 3.14. The molecule has 0 aliphatic carbocycles. The van der Waals surface area contributed by atoms with E-state index < -0.39 is 0 Å². The number of likely N-dealkylation sites (N-methyl/N-ethyl adjacent to an activating group) is 2. The van der Waals surface area contributed by atoms with Gasteiger partial charge in [-0.15, -0.1) is 0 Å². The maximum absolute atomic E-state index is 12.6. The maximum atomic E-state index is 12.6. The SMILES string of the molecule is CN1CCN(C)CC(NC(=O)Nc2cccc(-c3ncc4n3CCCC4)c2)C1. The molecule has 1 aromatic heterocycles. The first kappa shape index (κ1) is 19.0. The van der Waals surface area contributed by atoms with Crippen molar-refractivity contribution < 1.29 is 4.79 Å². The Kier molecular flexibility index (Phi) is 5.64. The van der Waals surface area contributed by atoms with Crippen molar-refractivity contribution in [3.05, 3.63) is 36.2 Å². The number of hydrogen-bond acceptors (Lipinski definition) is 4. The Labute approximate surface area is 166 Å². The number of nitrogens with one attached hydrogen (secondary N) is 2. The van der Waals surface area contributed by atoms with Gasteiger partial charge in [-0.25, -0.2) is 9.78 Å². The highest BCUT2D eigenvalue weighted by atomic mass is 16.2. The number of benzene rings is 1. The van der Waals surface area contributed by atoms with Gasteiger partial charge in [0.05, 0.1) is 6.04 Å². The van der Waals surface area contributed by atoms with E-state index in [4.69, 9.17) is 0 Å². The zero-order chi connectivity index (χ0) is 19.5. The monoisotopic (exact) mass is 382 g/mol. The number of aromatic nitrogens is 2. The Morgan fingerprint density at radius 3 is 2.68 bits per heavy atom. The highest BCUT2D eigenvalue weighted by Gasteiger charge is 2.20. The van der Waals surface area contributed by atoms with Gasteiger partial charge in [0.2, 0.25) is 0 Å². The van der Waals surface area contributed by atoms with Crippen LogP contribution in [0.3, 0.4) is 0 Å². The molecule has 0 radical (unpaired) electrons. The molecule has 4 rings (SSSR count). The molecule has 28 heavy (non-hydrogen) atoms. The van der Waals surface area contributed by atoms with Gasteiger partial charge in [0.25, 0.3) is 0 Å². The number of amides is 2. The van der Waals surface area contributed by atoms with Gasteiger partial charge in [0.1, 0.15) is 5.82 Å². The van der Waals surface area contributed by atoms with Crippen LogP contribution in [0.2, 0.25) is 0 Å². The Hall–Kier alpha value is -2.38. The number of imidazole rings is 1. The second kappa shape index (κ2) is 8.32. The normalized spacial score (nSPS) is 19.1. The molecular weight excluding hydrogens is 352 g/mol. The number of fused-ring (bicyclic) bond motifs is 1. The van der Waals surface area contributed by atoms with Gasteiger partial charge in [0.15, 0.2) is 0 Å². The van der Waals surface area contributed by atoms with Gasteiger partial charge in [-0.1, -0.05) is 12.1 Å². The van der Waals surface area contributed by atoms with Crippen molar-refractivity contribution >= 4 is 11.7 Å². The quantitative estimate of drug-likeness (QED) is 0.855. The lowest BCUT2D eigenvalue weighted by atomic mass is 10.1. The molecule has 1 aromatic carbocycles. The summed E-state index contributed by atoms with van der Waals surface area (Å²) in [6.45, 7) is 4.78. The van der Waals surface area contributed by atoms with Crippen molar-refractivity contribution in [2.45, 2.75) is 31.8 Å². The van der Waals surface area contributed by atoms with Crippen molar-refractivity contribution in [1.29, 1.82) is 0 Å². The van der Waals surface area contributed by atoms with E-state index in [2.05, 4.69) is 50.1 Å². The third kappa shape index (κ3) is 4.36. The molecule has 7 heteroatoms. The fraction of sp³-hybridized carbons (Fsp3) is 0.524. The molecule has 0 spiro atoms. The van der Waals surface area contributed by atoms with Crippen LogP contribution in [0.15, 0.2) is 30.5 Å². The fourth-order valence-electron chi connectivity index (χ4n) is 4.18. The number of hydrogen-bond donors (Lipinski definition) is 2. The molecule has 2 amide bonds. The topological polar surface area (TPSA) is 65.4 Å². The van der Waals surface area contributed by atoms with Crippen LogP contribution in [0, 0.1) is 0 Å². The number of aryl methyl sites for hydroxylation is 1. The Bertz CT molecular complexity index is 820. The average Bonchev–Trinajstić information content (AvgIpc) is 3.03. The first-order valence-electron chi connectivity index (χ1n) is 10.2. The highest BCUT2D eigenvalue weighted by Crippen LogP contribution is 2.26. The second-order valence-electron chi connectivity index (χ2n) is 8.08. The van der Waals surface area contributed by atoms with Crippen LogP contribution in [0.5, 0.6) is 0 Å². The fourth-order valence-corrected chi connectivity index (χ4v) is 4.18. The highest BCUT2D eigenvalue weighted by molar-refractivity contribution is 5.90. The van der Waals surface area contributed by atoms with E-state index in [9.17, 15) is 4.79 Å². The van der Waals surface area contributed by atoms with Crippen LogP contribution in [-0.4, -0.2) is 71.7 Å². The molecule has 0 unspecified atom stereocenters. The molecule has 0 saturated carbocycles. The largest absolute Gasteiger partial charge is 0.333 e. The van der Waals surface area contributed by atoms with Gasteiger partial charge in [-0.05, 0) is 45.5 Å². The van der Waals surface area contributed by atoms with E-state index in [1.165, 1.54) is 18.5 Å². The predicted octanol–water partition coefficient (Wildman–Crippen LogP) is 2.25. The van der Waals surface area contributed by atoms with Crippen molar-refractivity contribution in [1.82, 2.24) is 24.7 Å². The third-order valence-electron chi connectivity index (χ3n) is 5.64. The Balaban J connectivity index is 1.43. The van der Waals surface area contributed by atoms with Crippen molar-refractivity contribution in [2.75, 3.05) is 45.6 Å². The van der Waals surface area contributed by atoms with Gasteiger partial charge >= 0.3 is 6.03 Å². The summed E-state index contributed by atoms with van der Waals surface area (Å²) in [5.74, 6) is 0.991. The minimum atomic E-state index is -0.156. The van der Waals surface area contributed by atoms with Crippen LogP contribution in [0.4, 0.5) is 10.5 Å².